The Morgan fingerprint density at radius 2 is 1.63 bits per heavy atom. The third-order valence-electron chi connectivity index (χ3n) is 3.89. The van der Waals surface area contributed by atoms with Crippen LogP contribution in [0.3, 0.4) is 0 Å². The van der Waals surface area contributed by atoms with Gasteiger partial charge in [0.1, 0.15) is 5.82 Å². The number of sulfonamides is 1. The van der Waals surface area contributed by atoms with E-state index in [1.807, 2.05) is 19.0 Å². The number of carbonyl (C=O) groups excluding carboxylic acids is 1. The molecule has 0 saturated carbocycles. The largest absolute Gasteiger partial charge is 0.352 e. The van der Waals surface area contributed by atoms with Gasteiger partial charge in [-0.3, -0.25) is 4.79 Å². The number of hydrogen-bond acceptors (Lipinski definition) is 4. The van der Waals surface area contributed by atoms with E-state index in [9.17, 15) is 17.6 Å². The van der Waals surface area contributed by atoms with Crippen LogP contribution >= 0.6 is 0 Å². The lowest BCUT2D eigenvalue weighted by Crippen LogP contribution is -2.31. The fourth-order valence-electron chi connectivity index (χ4n) is 2.35. The molecule has 2 aromatic carbocycles. The van der Waals surface area contributed by atoms with E-state index < -0.39 is 10.0 Å². The lowest BCUT2D eigenvalue weighted by Gasteiger charge is -2.11. The van der Waals surface area contributed by atoms with E-state index in [0.29, 0.717) is 31.6 Å². The molecular weight excluding hydrogens is 369 g/mol. The summed E-state index contributed by atoms with van der Waals surface area (Å²) in [5.74, 6) is -0.587. The van der Waals surface area contributed by atoms with Crippen LogP contribution in [0.15, 0.2) is 53.4 Å². The summed E-state index contributed by atoms with van der Waals surface area (Å²) < 4.78 is 39.8. The van der Waals surface area contributed by atoms with Crippen LogP contribution in [0.4, 0.5) is 4.39 Å². The van der Waals surface area contributed by atoms with Crippen molar-refractivity contribution in [1.29, 1.82) is 0 Å². The second kappa shape index (κ2) is 9.59. The fraction of sp³-hybridized carbons (Fsp3) is 0.316. The Morgan fingerprint density at radius 3 is 2.22 bits per heavy atom. The van der Waals surface area contributed by atoms with Crippen molar-refractivity contribution in [3.05, 3.63) is 65.5 Å². The highest BCUT2D eigenvalue weighted by molar-refractivity contribution is 7.89. The summed E-state index contributed by atoms with van der Waals surface area (Å²) in [5.41, 5.74) is 1.29. The fourth-order valence-corrected chi connectivity index (χ4v) is 3.37. The van der Waals surface area contributed by atoms with Crippen LogP contribution in [0.2, 0.25) is 0 Å². The molecule has 2 aromatic rings. The van der Waals surface area contributed by atoms with Gasteiger partial charge in [0.05, 0.1) is 4.90 Å². The molecule has 6 nitrogen and oxygen atoms in total. The highest BCUT2D eigenvalue weighted by atomic mass is 32.2. The van der Waals surface area contributed by atoms with Crippen molar-refractivity contribution in [2.75, 3.05) is 33.7 Å². The molecule has 0 unspecified atom stereocenters. The number of nitrogens with one attached hydrogen (secondary N) is 2. The third kappa shape index (κ3) is 6.74. The van der Waals surface area contributed by atoms with Gasteiger partial charge in [0, 0.05) is 25.2 Å². The summed E-state index contributed by atoms with van der Waals surface area (Å²) in [6.45, 7) is 1.30. The monoisotopic (exact) mass is 393 g/mol. The molecule has 27 heavy (non-hydrogen) atoms. The number of carbonyl (C=O) groups is 1. The van der Waals surface area contributed by atoms with Gasteiger partial charge in [0.15, 0.2) is 0 Å². The van der Waals surface area contributed by atoms with E-state index in [0.717, 1.165) is 5.56 Å². The Labute approximate surface area is 159 Å². The Morgan fingerprint density at radius 1 is 1.00 bits per heavy atom. The van der Waals surface area contributed by atoms with Gasteiger partial charge in [0.25, 0.3) is 5.91 Å². The molecule has 0 spiro atoms. The summed E-state index contributed by atoms with van der Waals surface area (Å²) in [7, 11) is 0.124. The van der Waals surface area contributed by atoms with Gasteiger partial charge in [-0.15, -0.1) is 0 Å². The van der Waals surface area contributed by atoms with Gasteiger partial charge < -0.3 is 10.2 Å². The maximum Gasteiger partial charge on any atom is 0.251 e. The number of likely N-dealkylation sites (N-methyl/N-ethyl adjacent to an activating group) is 1. The molecule has 0 aliphatic rings. The number of halogens is 1. The highest BCUT2D eigenvalue weighted by Gasteiger charge is 2.14. The van der Waals surface area contributed by atoms with E-state index in [2.05, 4.69) is 10.0 Å². The van der Waals surface area contributed by atoms with Crippen molar-refractivity contribution in [3.8, 4) is 0 Å². The van der Waals surface area contributed by atoms with Gasteiger partial charge >= 0.3 is 0 Å². The molecule has 0 bridgehead atoms. The average molecular weight is 393 g/mol. The van der Waals surface area contributed by atoms with Crippen LogP contribution < -0.4 is 10.0 Å². The van der Waals surface area contributed by atoms with Crippen molar-refractivity contribution < 1.29 is 17.6 Å². The van der Waals surface area contributed by atoms with Crippen molar-refractivity contribution in [2.45, 2.75) is 11.3 Å². The minimum atomic E-state index is -3.59. The van der Waals surface area contributed by atoms with E-state index in [4.69, 9.17) is 0 Å². The number of nitrogens with zero attached hydrogens (tertiary/aromatic N) is 1. The quantitative estimate of drug-likeness (QED) is 0.679. The Balaban J connectivity index is 1.88. The molecule has 0 heterocycles. The van der Waals surface area contributed by atoms with Gasteiger partial charge in [-0.05, 0) is 62.5 Å². The standard InChI is InChI=1S/C19H24FN3O3S/c1-23(2)14-13-22-27(25,26)18-9-5-16(6-10-18)19(24)21-12-11-15-3-7-17(20)8-4-15/h3-10,22H,11-14H2,1-2H3,(H,21,24). The van der Waals surface area contributed by atoms with E-state index in [-0.39, 0.29) is 16.6 Å². The van der Waals surface area contributed by atoms with Crippen LogP contribution in [-0.2, 0) is 16.4 Å². The first-order valence-electron chi connectivity index (χ1n) is 8.55. The SMILES string of the molecule is CN(C)CCNS(=O)(=O)c1ccc(C(=O)NCCc2ccc(F)cc2)cc1. The zero-order valence-corrected chi connectivity index (χ0v) is 16.2. The molecule has 0 radical (unpaired) electrons. The van der Waals surface area contributed by atoms with Crippen molar-refractivity contribution in [2.24, 2.45) is 0 Å². The summed E-state index contributed by atoms with van der Waals surface area (Å²) in [5, 5.41) is 2.76. The topological polar surface area (TPSA) is 78.5 Å². The van der Waals surface area contributed by atoms with Gasteiger partial charge in [-0.25, -0.2) is 17.5 Å². The van der Waals surface area contributed by atoms with E-state index in [1.165, 1.54) is 36.4 Å². The van der Waals surface area contributed by atoms with Crippen LogP contribution in [-0.4, -0.2) is 53.0 Å². The maximum atomic E-state index is 12.9. The number of amides is 1. The summed E-state index contributed by atoms with van der Waals surface area (Å²) in [6, 6.07) is 11.9. The Bertz CT molecular complexity index is 851. The van der Waals surface area contributed by atoms with Crippen molar-refractivity contribution in [3.63, 3.8) is 0 Å². The summed E-state index contributed by atoms with van der Waals surface area (Å²) in [4.78, 5) is 14.1. The predicted octanol–water partition coefficient (Wildman–Crippen LogP) is 1.64. The van der Waals surface area contributed by atoms with Crippen LogP contribution in [0.1, 0.15) is 15.9 Å². The molecule has 0 saturated heterocycles. The molecule has 146 valence electrons. The molecular formula is C19H24FN3O3S. The first kappa shape index (κ1) is 21.0. The number of rotatable bonds is 9. The lowest BCUT2D eigenvalue weighted by molar-refractivity contribution is 0.0954. The second-order valence-electron chi connectivity index (χ2n) is 6.36. The molecule has 0 aliphatic heterocycles. The zero-order valence-electron chi connectivity index (χ0n) is 15.4. The maximum absolute atomic E-state index is 12.9. The molecule has 1 amide bonds. The van der Waals surface area contributed by atoms with Crippen molar-refractivity contribution in [1.82, 2.24) is 14.9 Å². The Hall–Kier alpha value is -2.29. The third-order valence-corrected chi connectivity index (χ3v) is 5.37. The minimum Gasteiger partial charge on any atom is -0.352 e. The second-order valence-corrected chi connectivity index (χ2v) is 8.12. The smallest absolute Gasteiger partial charge is 0.251 e. The first-order valence-corrected chi connectivity index (χ1v) is 10.0. The van der Waals surface area contributed by atoms with Crippen LogP contribution in [0.25, 0.3) is 0 Å². The highest BCUT2D eigenvalue weighted by Crippen LogP contribution is 2.10. The number of hydrogen-bond donors (Lipinski definition) is 2. The zero-order chi connectivity index (χ0) is 19.9. The minimum absolute atomic E-state index is 0.115. The average Bonchev–Trinajstić information content (AvgIpc) is 2.63. The van der Waals surface area contributed by atoms with Gasteiger partial charge in [-0.2, -0.15) is 0 Å². The molecule has 0 atom stereocenters. The Kier molecular flexibility index (Phi) is 7.46. The van der Waals surface area contributed by atoms with Gasteiger partial charge in [0.2, 0.25) is 10.0 Å². The van der Waals surface area contributed by atoms with Crippen LogP contribution in [0, 0.1) is 5.82 Å². The number of benzene rings is 2. The molecule has 2 rings (SSSR count). The van der Waals surface area contributed by atoms with E-state index in [1.54, 1.807) is 12.1 Å². The summed E-state index contributed by atoms with van der Waals surface area (Å²) in [6.07, 6.45) is 0.578. The summed E-state index contributed by atoms with van der Waals surface area (Å²) >= 11 is 0. The van der Waals surface area contributed by atoms with Crippen LogP contribution in [0.5, 0.6) is 0 Å². The van der Waals surface area contributed by atoms with Crippen molar-refractivity contribution >= 4 is 15.9 Å². The predicted molar refractivity (Wildman–Crippen MR) is 103 cm³/mol. The molecule has 0 aromatic heterocycles. The molecule has 8 heteroatoms. The molecule has 0 aliphatic carbocycles. The van der Waals surface area contributed by atoms with E-state index >= 15 is 0 Å². The molecule has 2 N–H and O–H groups in total. The normalized spacial score (nSPS) is 11.6. The molecule has 0 fully saturated rings. The van der Waals surface area contributed by atoms with Gasteiger partial charge in [-0.1, -0.05) is 12.1 Å². The first-order chi connectivity index (χ1) is 12.8. The lowest BCUT2D eigenvalue weighted by atomic mass is 10.1.